The minimum atomic E-state index is -3.32. The minimum Gasteiger partial charge on any atom is -0.314 e. The third-order valence-corrected chi connectivity index (χ3v) is 6.62. The molecule has 0 radical (unpaired) electrons. The SMILES string of the molecule is Cc1ccccc1S(=O)(=O)N1CCC(CNC2CC2)CC1. The van der Waals surface area contributed by atoms with E-state index in [0.29, 0.717) is 23.9 Å². The summed E-state index contributed by atoms with van der Waals surface area (Å²) in [4.78, 5) is 0.458. The topological polar surface area (TPSA) is 49.4 Å². The molecule has 1 saturated carbocycles. The van der Waals surface area contributed by atoms with Crippen LogP contribution in [-0.4, -0.2) is 38.4 Å². The highest BCUT2D eigenvalue weighted by Gasteiger charge is 2.31. The van der Waals surface area contributed by atoms with E-state index in [1.807, 2.05) is 19.1 Å². The van der Waals surface area contributed by atoms with Gasteiger partial charge in [-0.2, -0.15) is 4.31 Å². The summed E-state index contributed by atoms with van der Waals surface area (Å²) in [6, 6.07) is 7.99. The number of hydrogen-bond donors (Lipinski definition) is 1. The highest BCUT2D eigenvalue weighted by atomic mass is 32.2. The molecule has 1 N–H and O–H groups in total. The molecule has 21 heavy (non-hydrogen) atoms. The zero-order valence-electron chi connectivity index (χ0n) is 12.6. The van der Waals surface area contributed by atoms with Crippen LogP contribution in [0.25, 0.3) is 0 Å². The first kappa shape index (κ1) is 15.0. The van der Waals surface area contributed by atoms with E-state index in [0.717, 1.165) is 31.0 Å². The lowest BCUT2D eigenvalue weighted by atomic mass is 9.98. The Labute approximate surface area is 127 Å². The Balaban J connectivity index is 1.61. The van der Waals surface area contributed by atoms with Gasteiger partial charge in [-0.05, 0) is 56.7 Å². The summed E-state index contributed by atoms with van der Waals surface area (Å²) in [5.41, 5.74) is 0.829. The number of rotatable bonds is 5. The predicted molar refractivity (Wildman–Crippen MR) is 83.7 cm³/mol. The summed E-state index contributed by atoms with van der Waals surface area (Å²) < 4.78 is 27.1. The van der Waals surface area contributed by atoms with Crippen molar-refractivity contribution in [2.45, 2.75) is 43.5 Å². The molecule has 1 aliphatic carbocycles. The number of nitrogens with zero attached hydrogens (tertiary/aromatic N) is 1. The quantitative estimate of drug-likeness (QED) is 0.907. The molecule has 4 nitrogen and oxygen atoms in total. The maximum Gasteiger partial charge on any atom is 0.243 e. The Kier molecular flexibility index (Phi) is 4.33. The third kappa shape index (κ3) is 3.47. The average Bonchev–Trinajstić information content (AvgIpc) is 3.30. The van der Waals surface area contributed by atoms with Crippen LogP contribution in [-0.2, 0) is 10.0 Å². The van der Waals surface area contributed by atoms with E-state index in [1.165, 1.54) is 12.8 Å². The van der Waals surface area contributed by atoms with Crippen LogP contribution < -0.4 is 5.32 Å². The van der Waals surface area contributed by atoms with E-state index in [1.54, 1.807) is 16.4 Å². The fraction of sp³-hybridized carbons (Fsp3) is 0.625. The number of piperidine rings is 1. The molecular formula is C16H24N2O2S. The monoisotopic (exact) mass is 308 g/mol. The van der Waals surface area contributed by atoms with Gasteiger partial charge >= 0.3 is 0 Å². The molecule has 1 heterocycles. The molecule has 0 aromatic heterocycles. The van der Waals surface area contributed by atoms with Crippen LogP contribution in [0.3, 0.4) is 0 Å². The van der Waals surface area contributed by atoms with Crippen molar-refractivity contribution in [1.29, 1.82) is 0 Å². The van der Waals surface area contributed by atoms with E-state index in [4.69, 9.17) is 0 Å². The second-order valence-electron chi connectivity index (χ2n) is 6.30. The highest BCUT2D eigenvalue weighted by Crippen LogP contribution is 2.26. The summed E-state index contributed by atoms with van der Waals surface area (Å²) in [5, 5.41) is 3.55. The van der Waals surface area contributed by atoms with Gasteiger partial charge in [0, 0.05) is 19.1 Å². The van der Waals surface area contributed by atoms with Crippen LogP contribution in [0.15, 0.2) is 29.2 Å². The fourth-order valence-corrected chi connectivity index (χ4v) is 4.65. The zero-order chi connectivity index (χ0) is 14.9. The number of benzene rings is 1. The van der Waals surface area contributed by atoms with Crippen LogP contribution in [0.4, 0.5) is 0 Å². The Morgan fingerprint density at radius 3 is 2.43 bits per heavy atom. The Morgan fingerprint density at radius 2 is 1.81 bits per heavy atom. The number of sulfonamides is 1. The van der Waals surface area contributed by atoms with E-state index in [2.05, 4.69) is 5.32 Å². The van der Waals surface area contributed by atoms with Gasteiger partial charge in [0.25, 0.3) is 0 Å². The van der Waals surface area contributed by atoms with Gasteiger partial charge in [0.05, 0.1) is 4.90 Å². The van der Waals surface area contributed by atoms with Crippen molar-refractivity contribution in [3.63, 3.8) is 0 Å². The van der Waals surface area contributed by atoms with Gasteiger partial charge in [-0.25, -0.2) is 8.42 Å². The van der Waals surface area contributed by atoms with Crippen LogP contribution >= 0.6 is 0 Å². The summed E-state index contributed by atoms with van der Waals surface area (Å²) in [6.07, 6.45) is 4.54. The molecule has 2 fully saturated rings. The molecule has 5 heteroatoms. The summed E-state index contributed by atoms with van der Waals surface area (Å²) in [7, 11) is -3.32. The maximum absolute atomic E-state index is 12.7. The van der Waals surface area contributed by atoms with Crippen molar-refractivity contribution in [3.05, 3.63) is 29.8 Å². The zero-order valence-corrected chi connectivity index (χ0v) is 13.4. The molecule has 2 aliphatic rings. The molecule has 0 spiro atoms. The highest BCUT2D eigenvalue weighted by molar-refractivity contribution is 7.89. The fourth-order valence-electron chi connectivity index (χ4n) is 2.96. The van der Waals surface area contributed by atoms with Gasteiger partial charge in [-0.3, -0.25) is 0 Å². The van der Waals surface area contributed by atoms with Gasteiger partial charge in [-0.1, -0.05) is 18.2 Å². The molecule has 1 aliphatic heterocycles. The first-order valence-electron chi connectivity index (χ1n) is 7.86. The lowest BCUT2D eigenvalue weighted by molar-refractivity contribution is 0.267. The smallest absolute Gasteiger partial charge is 0.243 e. The molecule has 3 rings (SSSR count). The van der Waals surface area contributed by atoms with Crippen molar-refractivity contribution in [3.8, 4) is 0 Å². The standard InChI is InChI=1S/C16H24N2O2S/c1-13-4-2-3-5-16(13)21(19,20)18-10-8-14(9-11-18)12-17-15-6-7-15/h2-5,14-15,17H,6-12H2,1H3. The minimum absolute atomic E-state index is 0.458. The molecule has 116 valence electrons. The third-order valence-electron chi connectivity index (χ3n) is 4.56. The molecule has 0 amide bonds. The number of nitrogens with one attached hydrogen (secondary N) is 1. The van der Waals surface area contributed by atoms with E-state index in [9.17, 15) is 8.42 Å². The van der Waals surface area contributed by atoms with Crippen LogP contribution in [0, 0.1) is 12.8 Å². The van der Waals surface area contributed by atoms with Crippen molar-refractivity contribution in [1.82, 2.24) is 9.62 Å². The first-order chi connectivity index (χ1) is 10.1. The summed E-state index contributed by atoms with van der Waals surface area (Å²) in [5.74, 6) is 0.619. The molecular weight excluding hydrogens is 284 g/mol. The van der Waals surface area contributed by atoms with Gasteiger partial charge in [0.1, 0.15) is 0 Å². The first-order valence-corrected chi connectivity index (χ1v) is 9.30. The molecule has 1 aromatic rings. The van der Waals surface area contributed by atoms with E-state index in [-0.39, 0.29) is 0 Å². The lowest BCUT2D eigenvalue weighted by Crippen LogP contribution is -2.41. The molecule has 1 aromatic carbocycles. The predicted octanol–water partition coefficient (Wildman–Crippen LogP) is 2.15. The van der Waals surface area contributed by atoms with Crippen LogP contribution in [0.1, 0.15) is 31.2 Å². The van der Waals surface area contributed by atoms with Gasteiger partial charge < -0.3 is 5.32 Å². The normalized spacial score (nSPS) is 21.6. The van der Waals surface area contributed by atoms with Gasteiger partial charge in [0.2, 0.25) is 10.0 Å². The van der Waals surface area contributed by atoms with Crippen LogP contribution in [0.5, 0.6) is 0 Å². The number of aryl methyl sites for hydroxylation is 1. The van der Waals surface area contributed by atoms with Crippen molar-refractivity contribution >= 4 is 10.0 Å². The molecule has 0 unspecified atom stereocenters. The molecule has 0 atom stereocenters. The molecule has 0 bridgehead atoms. The van der Waals surface area contributed by atoms with Crippen molar-refractivity contribution in [2.24, 2.45) is 5.92 Å². The Morgan fingerprint density at radius 1 is 1.14 bits per heavy atom. The second kappa shape index (κ2) is 6.07. The second-order valence-corrected chi connectivity index (χ2v) is 8.20. The number of hydrogen-bond acceptors (Lipinski definition) is 3. The largest absolute Gasteiger partial charge is 0.314 e. The summed E-state index contributed by atoms with van der Waals surface area (Å²) >= 11 is 0. The van der Waals surface area contributed by atoms with Crippen molar-refractivity contribution < 1.29 is 8.42 Å². The maximum atomic E-state index is 12.7. The van der Waals surface area contributed by atoms with Gasteiger partial charge in [-0.15, -0.1) is 0 Å². The van der Waals surface area contributed by atoms with E-state index < -0.39 is 10.0 Å². The average molecular weight is 308 g/mol. The Hall–Kier alpha value is -0.910. The summed E-state index contributed by atoms with van der Waals surface area (Å²) in [6.45, 7) is 4.20. The van der Waals surface area contributed by atoms with Crippen LogP contribution in [0.2, 0.25) is 0 Å². The molecule has 1 saturated heterocycles. The van der Waals surface area contributed by atoms with Crippen molar-refractivity contribution in [2.75, 3.05) is 19.6 Å². The van der Waals surface area contributed by atoms with E-state index >= 15 is 0 Å². The lowest BCUT2D eigenvalue weighted by Gasteiger charge is -2.31. The van der Waals surface area contributed by atoms with Gasteiger partial charge in [0.15, 0.2) is 0 Å². The Bertz CT molecular complexity index is 588.